The molecule has 1 aromatic carbocycles. The van der Waals surface area contributed by atoms with Gasteiger partial charge in [-0.25, -0.2) is 4.39 Å². The largest absolute Gasteiger partial charge is 0.393 e. The minimum atomic E-state index is -0.540. The van der Waals surface area contributed by atoms with Crippen LogP contribution in [0.15, 0.2) is 22.7 Å². The van der Waals surface area contributed by atoms with Gasteiger partial charge in [-0.15, -0.1) is 0 Å². The van der Waals surface area contributed by atoms with Gasteiger partial charge in [0.25, 0.3) is 5.91 Å². The number of aliphatic hydroxyl groups is 1. The van der Waals surface area contributed by atoms with E-state index in [0.29, 0.717) is 18.9 Å². The van der Waals surface area contributed by atoms with Crippen LogP contribution in [0.2, 0.25) is 0 Å². The lowest BCUT2D eigenvalue weighted by molar-refractivity contribution is 0.0941. The smallest absolute Gasteiger partial charge is 0.254 e. The molecule has 2 rings (SSSR count). The topological polar surface area (TPSA) is 49.3 Å². The zero-order valence-electron chi connectivity index (χ0n) is 9.83. The van der Waals surface area contributed by atoms with Crippen molar-refractivity contribution < 1.29 is 14.3 Å². The van der Waals surface area contributed by atoms with Gasteiger partial charge in [0.05, 0.1) is 16.1 Å². The number of nitrogens with one attached hydrogen (secondary N) is 1. The van der Waals surface area contributed by atoms with Crippen molar-refractivity contribution in [1.29, 1.82) is 0 Å². The average Bonchev–Trinajstić information content (AvgIpc) is 2.76. The maximum absolute atomic E-state index is 13.7. The monoisotopic (exact) mass is 315 g/mol. The van der Waals surface area contributed by atoms with Crippen LogP contribution in [0.25, 0.3) is 0 Å². The standard InChI is InChI=1S/C13H15BrFNO2/c14-11-3-1-2-10(12(11)15)13(18)16-7-8-4-5-9(17)6-8/h1-3,8-9,17H,4-7H2,(H,16,18)/t8-,9-/m1/s1. The number of amides is 1. The Morgan fingerprint density at radius 3 is 2.94 bits per heavy atom. The highest BCUT2D eigenvalue weighted by Gasteiger charge is 2.23. The Bertz CT molecular complexity index is 453. The van der Waals surface area contributed by atoms with E-state index in [9.17, 15) is 14.3 Å². The van der Waals surface area contributed by atoms with E-state index in [2.05, 4.69) is 21.2 Å². The van der Waals surface area contributed by atoms with Crippen molar-refractivity contribution in [3.05, 3.63) is 34.1 Å². The van der Waals surface area contributed by atoms with Crippen molar-refractivity contribution in [3.8, 4) is 0 Å². The molecular formula is C13H15BrFNO2. The summed E-state index contributed by atoms with van der Waals surface area (Å²) >= 11 is 3.05. The Balaban J connectivity index is 1.94. The van der Waals surface area contributed by atoms with Gasteiger partial charge in [-0.2, -0.15) is 0 Å². The molecule has 1 aliphatic rings. The molecule has 2 N–H and O–H groups in total. The number of rotatable bonds is 3. The molecule has 0 aromatic heterocycles. The second-order valence-electron chi connectivity index (χ2n) is 4.64. The molecule has 1 saturated carbocycles. The van der Waals surface area contributed by atoms with Crippen LogP contribution in [-0.4, -0.2) is 23.7 Å². The van der Waals surface area contributed by atoms with Gasteiger partial charge >= 0.3 is 0 Å². The maximum atomic E-state index is 13.7. The van der Waals surface area contributed by atoms with Crippen LogP contribution < -0.4 is 5.32 Å². The third kappa shape index (κ3) is 3.09. The molecule has 0 heterocycles. The van der Waals surface area contributed by atoms with E-state index in [1.54, 1.807) is 12.1 Å². The lowest BCUT2D eigenvalue weighted by Crippen LogP contribution is -2.29. The van der Waals surface area contributed by atoms with Gasteiger partial charge in [-0.3, -0.25) is 4.79 Å². The van der Waals surface area contributed by atoms with E-state index in [-0.39, 0.29) is 16.1 Å². The number of aliphatic hydroxyl groups excluding tert-OH is 1. The third-order valence-electron chi connectivity index (χ3n) is 3.26. The second kappa shape index (κ2) is 5.80. The van der Waals surface area contributed by atoms with Crippen LogP contribution >= 0.6 is 15.9 Å². The summed E-state index contributed by atoms with van der Waals surface area (Å²) in [5, 5.41) is 12.1. The molecule has 18 heavy (non-hydrogen) atoms. The highest BCUT2D eigenvalue weighted by molar-refractivity contribution is 9.10. The molecule has 5 heteroatoms. The quantitative estimate of drug-likeness (QED) is 0.900. The zero-order chi connectivity index (χ0) is 13.1. The molecule has 0 unspecified atom stereocenters. The number of halogens is 2. The van der Waals surface area contributed by atoms with Gasteiger partial charge < -0.3 is 10.4 Å². The van der Waals surface area contributed by atoms with Gasteiger partial charge in [0.2, 0.25) is 0 Å². The van der Waals surface area contributed by atoms with E-state index < -0.39 is 11.7 Å². The number of carbonyl (C=O) groups excluding carboxylic acids is 1. The highest BCUT2D eigenvalue weighted by Crippen LogP contribution is 2.25. The Morgan fingerprint density at radius 1 is 1.50 bits per heavy atom. The normalized spacial score (nSPS) is 23.1. The first-order chi connectivity index (χ1) is 8.58. The summed E-state index contributed by atoms with van der Waals surface area (Å²) in [5.74, 6) is -0.657. The zero-order valence-corrected chi connectivity index (χ0v) is 11.4. The lowest BCUT2D eigenvalue weighted by atomic mass is 10.1. The van der Waals surface area contributed by atoms with Crippen LogP contribution in [0.4, 0.5) is 4.39 Å². The Kier molecular flexibility index (Phi) is 4.35. The molecule has 1 aromatic rings. The highest BCUT2D eigenvalue weighted by atomic mass is 79.9. The fourth-order valence-corrected chi connectivity index (χ4v) is 2.61. The van der Waals surface area contributed by atoms with Gasteiger partial charge in [-0.05, 0) is 53.2 Å². The second-order valence-corrected chi connectivity index (χ2v) is 5.50. The SMILES string of the molecule is O=C(NC[C@@H]1CC[C@@H](O)C1)c1cccc(Br)c1F. The molecule has 2 atom stereocenters. The summed E-state index contributed by atoms with van der Waals surface area (Å²) in [6.07, 6.45) is 2.14. The van der Waals surface area contributed by atoms with Crippen LogP contribution in [-0.2, 0) is 0 Å². The molecule has 3 nitrogen and oxygen atoms in total. The summed E-state index contributed by atoms with van der Waals surface area (Å²) in [5.41, 5.74) is 0.0444. The molecule has 0 radical (unpaired) electrons. The van der Waals surface area contributed by atoms with Crippen molar-refractivity contribution >= 4 is 21.8 Å². The van der Waals surface area contributed by atoms with E-state index in [4.69, 9.17) is 0 Å². The molecule has 1 amide bonds. The summed E-state index contributed by atoms with van der Waals surface area (Å²) in [6, 6.07) is 4.64. The number of hydrogen-bond donors (Lipinski definition) is 2. The number of hydrogen-bond acceptors (Lipinski definition) is 2. The van der Waals surface area contributed by atoms with E-state index >= 15 is 0 Å². The molecule has 1 fully saturated rings. The minimum Gasteiger partial charge on any atom is -0.393 e. The van der Waals surface area contributed by atoms with Crippen molar-refractivity contribution in [3.63, 3.8) is 0 Å². The van der Waals surface area contributed by atoms with Gasteiger partial charge in [0, 0.05) is 6.54 Å². The summed E-state index contributed by atoms with van der Waals surface area (Å²) in [6.45, 7) is 0.488. The van der Waals surface area contributed by atoms with Crippen LogP contribution in [0, 0.1) is 11.7 Å². The molecule has 0 bridgehead atoms. The van der Waals surface area contributed by atoms with E-state index in [0.717, 1.165) is 12.8 Å². The first-order valence-corrected chi connectivity index (χ1v) is 6.77. The van der Waals surface area contributed by atoms with Crippen molar-refractivity contribution in [2.45, 2.75) is 25.4 Å². The first kappa shape index (κ1) is 13.5. The van der Waals surface area contributed by atoms with E-state index in [1.165, 1.54) is 6.07 Å². The number of carbonyl (C=O) groups is 1. The average molecular weight is 316 g/mol. The molecule has 1 aliphatic carbocycles. The van der Waals surface area contributed by atoms with Gasteiger partial charge in [0.15, 0.2) is 0 Å². The molecule has 0 aliphatic heterocycles. The molecule has 0 spiro atoms. The molecule has 0 saturated heterocycles. The summed E-state index contributed by atoms with van der Waals surface area (Å²) in [7, 11) is 0. The van der Waals surface area contributed by atoms with E-state index in [1.807, 2.05) is 0 Å². The molecular weight excluding hydrogens is 301 g/mol. The summed E-state index contributed by atoms with van der Waals surface area (Å²) < 4.78 is 14.0. The predicted molar refractivity (Wildman–Crippen MR) is 69.8 cm³/mol. The number of benzene rings is 1. The Labute approximate surface area is 114 Å². The Morgan fingerprint density at radius 2 is 2.28 bits per heavy atom. The minimum absolute atomic E-state index is 0.0444. The van der Waals surface area contributed by atoms with Crippen LogP contribution in [0.5, 0.6) is 0 Å². The lowest BCUT2D eigenvalue weighted by Gasteiger charge is -2.11. The Hall–Kier alpha value is -0.940. The van der Waals surface area contributed by atoms with Crippen molar-refractivity contribution in [2.75, 3.05) is 6.54 Å². The van der Waals surface area contributed by atoms with Gasteiger partial charge in [-0.1, -0.05) is 6.07 Å². The van der Waals surface area contributed by atoms with Crippen molar-refractivity contribution in [1.82, 2.24) is 5.32 Å². The van der Waals surface area contributed by atoms with Crippen LogP contribution in [0.3, 0.4) is 0 Å². The predicted octanol–water partition coefficient (Wildman–Crippen LogP) is 2.48. The maximum Gasteiger partial charge on any atom is 0.254 e. The van der Waals surface area contributed by atoms with Crippen molar-refractivity contribution in [2.24, 2.45) is 5.92 Å². The fraction of sp³-hybridized carbons (Fsp3) is 0.462. The first-order valence-electron chi connectivity index (χ1n) is 5.98. The summed E-state index contributed by atoms with van der Waals surface area (Å²) in [4.78, 5) is 11.8. The van der Waals surface area contributed by atoms with Crippen LogP contribution in [0.1, 0.15) is 29.6 Å². The third-order valence-corrected chi connectivity index (χ3v) is 3.87. The fourth-order valence-electron chi connectivity index (χ4n) is 2.25. The van der Waals surface area contributed by atoms with Gasteiger partial charge in [0.1, 0.15) is 5.82 Å². The molecule has 98 valence electrons.